The van der Waals surface area contributed by atoms with Crippen LogP contribution < -0.4 is 15.5 Å². The summed E-state index contributed by atoms with van der Waals surface area (Å²) >= 11 is 0. The molecule has 1 aliphatic rings. The van der Waals surface area contributed by atoms with Gasteiger partial charge in [-0.3, -0.25) is 4.79 Å². The lowest BCUT2D eigenvalue weighted by Crippen LogP contribution is -2.45. The van der Waals surface area contributed by atoms with Crippen LogP contribution in [0.5, 0.6) is 0 Å². The molecule has 1 saturated heterocycles. The van der Waals surface area contributed by atoms with Crippen molar-refractivity contribution in [3.05, 3.63) is 29.3 Å². The van der Waals surface area contributed by atoms with E-state index < -0.39 is 0 Å². The molecule has 0 aliphatic carbocycles. The fraction of sp³-hybridized carbons (Fsp3) is 0.500. The van der Waals surface area contributed by atoms with Crippen molar-refractivity contribution in [3.8, 4) is 0 Å². The molecule has 0 saturated carbocycles. The fourth-order valence-corrected chi connectivity index (χ4v) is 2.44. The number of carbonyl (C=O) groups is 2. The first-order chi connectivity index (χ1) is 9.86. The molecule has 21 heavy (non-hydrogen) atoms. The highest BCUT2D eigenvalue weighted by molar-refractivity contribution is 5.96. The molecule has 1 atom stereocenters. The van der Waals surface area contributed by atoms with E-state index in [1.807, 2.05) is 45.9 Å². The molecule has 0 bridgehead atoms. The number of hydrogen-bond acceptors (Lipinski definition) is 2. The van der Waals surface area contributed by atoms with Crippen molar-refractivity contribution in [2.75, 3.05) is 11.4 Å². The van der Waals surface area contributed by atoms with Crippen LogP contribution in [0.4, 0.5) is 10.5 Å². The molecule has 2 N–H and O–H groups in total. The van der Waals surface area contributed by atoms with E-state index in [4.69, 9.17) is 0 Å². The molecule has 1 heterocycles. The van der Waals surface area contributed by atoms with Crippen molar-refractivity contribution in [1.29, 1.82) is 0 Å². The zero-order valence-corrected chi connectivity index (χ0v) is 13.1. The van der Waals surface area contributed by atoms with Gasteiger partial charge >= 0.3 is 6.03 Å². The summed E-state index contributed by atoms with van der Waals surface area (Å²) in [5.74, 6) is 0.0492. The number of carbonyl (C=O) groups excluding carboxylic acids is 2. The largest absolute Gasteiger partial charge is 0.336 e. The summed E-state index contributed by atoms with van der Waals surface area (Å²) in [6, 6.07) is 5.71. The number of rotatable bonds is 3. The zero-order chi connectivity index (χ0) is 15.6. The number of nitrogens with zero attached hydrogens (tertiary/aromatic N) is 1. The van der Waals surface area contributed by atoms with E-state index in [0.717, 1.165) is 11.3 Å². The summed E-state index contributed by atoms with van der Waals surface area (Å²) in [6.45, 7) is 8.41. The predicted molar refractivity (Wildman–Crippen MR) is 83.5 cm³/mol. The maximum absolute atomic E-state index is 12.1. The summed E-state index contributed by atoms with van der Waals surface area (Å²) in [4.78, 5) is 25.6. The molecule has 3 amide bonds. The van der Waals surface area contributed by atoms with Gasteiger partial charge in [0.05, 0.1) is 6.04 Å². The Morgan fingerprint density at radius 3 is 2.62 bits per heavy atom. The van der Waals surface area contributed by atoms with E-state index in [-0.39, 0.29) is 24.0 Å². The maximum Gasteiger partial charge on any atom is 0.315 e. The van der Waals surface area contributed by atoms with Crippen LogP contribution in [0.15, 0.2) is 18.2 Å². The Morgan fingerprint density at radius 2 is 2.00 bits per heavy atom. The Kier molecular flexibility index (Phi) is 4.50. The van der Waals surface area contributed by atoms with Crippen LogP contribution in [0.3, 0.4) is 0 Å². The Hall–Kier alpha value is -2.04. The highest BCUT2D eigenvalue weighted by atomic mass is 16.2. The highest BCUT2D eigenvalue weighted by Crippen LogP contribution is 2.24. The third kappa shape index (κ3) is 3.74. The molecule has 0 unspecified atom stereocenters. The molecule has 1 fully saturated rings. The summed E-state index contributed by atoms with van der Waals surface area (Å²) in [7, 11) is 0. The van der Waals surface area contributed by atoms with Crippen molar-refractivity contribution in [3.63, 3.8) is 0 Å². The first kappa shape index (κ1) is 15.4. The van der Waals surface area contributed by atoms with Crippen LogP contribution in [-0.4, -0.2) is 30.6 Å². The fourth-order valence-electron chi connectivity index (χ4n) is 2.44. The SMILES string of the molecule is Cc1ccc(N2C[C@H](NC(=O)NC(C)C)CC2=O)cc1C. The van der Waals surface area contributed by atoms with Crippen LogP contribution in [0.1, 0.15) is 31.4 Å². The van der Waals surface area contributed by atoms with Crippen molar-refractivity contribution in [2.45, 2.75) is 46.2 Å². The number of anilines is 1. The monoisotopic (exact) mass is 289 g/mol. The molecule has 5 nitrogen and oxygen atoms in total. The second-order valence-corrected chi connectivity index (χ2v) is 5.95. The summed E-state index contributed by atoms with van der Waals surface area (Å²) in [5, 5.41) is 5.63. The topological polar surface area (TPSA) is 61.4 Å². The molecule has 1 aliphatic heterocycles. The Balaban J connectivity index is 2.02. The van der Waals surface area contributed by atoms with Gasteiger partial charge in [-0.05, 0) is 51.0 Å². The number of benzene rings is 1. The molecule has 5 heteroatoms. The minimum Gasteiger partial charge on any atom is -0.336 e. The quantitative estimate of drug-likeness (QED) is 0.895. The second kappa shape index (κ2) is 6.16. The standard InChI is InChI=1S/C16H23N3O2/c1-10(2)17-16(21)18-13-8-15(20)19(9-13)14-6-5-11(3)12(4)7-14/h5-7,10,13H,8-9H2,1-4H3,(H2,17,18,21)/t13-/m1/s1. The molecule has 2 rings (SSSR count). The van der Waals surface area contributed by atoms with Crippen LogP contribution in [-0.2, 0) is 4.79 Å². The van der Waals surface area contributed by atoms with Crippen molar-refractivity contribution in [2.24, 2.45) is 0 Å². The normalized spacial score (nSPS) is 18.2. The molecule has 0 radical (unpaired) electrons. The van der Waals surface area contributed by atoms with E-state index >= 15 is 0 Å². The van der Waals surface area contributed by atoms with Crippen LogP contribution in [0, 0.1) is 13.8 Å². The Morgan fingerprint density at radius 1 is 1.29 bits per heavy atom. The van der Waals surface area contributed by atoms with Crippen LogP contribution in [0.2, 0.25) is 0 Å². The molecular formula is C16H23N3O2. The number of amides is 3. The van der Waals surface area contributed by atoms with Gasteiger partial charge in [0, 0.05) is 24.7 Å². The van der Waals surface area contributed by atoms with Gasteiger partial charge in [0.15, 0.2) is 0 Å². The van der Waals surface area contributed by atoms with Gasteiger partial charge in [-0.25, -0.2) is 4.79 Å². The second-order valence-electron chi connectivity index (χ2n) is 5.95. The molecule has 1 aromatic carbocycles. The van der Waals surface area contributed by atoms with Gasteiger partial charge in [0.2, 0.25) is 5.91 Å². The van der Waals surface area contributed by atoms with Gasteiger partial charge in [-0.15, -0.1) is 0 Å². The average Bonchev–Trinajstić information content (AvgIpc) is 2.72. The smallest absolute Gasteiger partial charge is 0.315 e. The summed E-state index contributed by atoms with van der Waals surface area (Å²) in [6.07, 6.45) is 0.346. The lowest BCUT2D eigenvalue weighted by atomic mass is 10.1. The van der Waals surface area contributed by atoms with Gasteiger partial charge in [0.1, 0.15) is 0 Å². The Bertz CT molecular complexity index is 554. The first-order valence-corrected chi connectivity index (χ1v) is 7.31. The van der Waals surface area contributed by atoms with Gasteiger partial charge in [-0.1, -0.05) is 6.07 Å². The minimum atomic E-state index is -0.218. The zero-order valence-electron chi connectivity index (χ0n) is 13.1. The number of aryl methyl sites for hydroxylation is 2. The van der Waals surface area contributed by atoms with E-state index in [2.05, 4.69) is 10.6 Å². The van der Waals surface area contributed by atoms with Gasteiger partial charge in [-0.2, -0.15) is 0 Å². The van der Waals surface area contributed by atoms with E-state index in [1.165, 1.54) is 5.56 Å². The third-order valence-corrected chi connectivity index (χ3v) is 3.68. The molecular weight excluding hydrogens is 266 g/mol. The number of urea groups is 1. The predicted octanol–water partition coefficient (Wildman–Crippen LogP) is 2.12. The van der Waals surface area contributed by atoms with E-state index in [0.29, 0.717) is 13.0 Å². The lowest BCUT2D eigenvalue weighted by molar-refractivity contribution is -0.117. The first-order valence-electron chi connectivity index (χ1n) is 7.31. The number of hydrogen-bond donors (Lipinski definition) is 2. The lowest BCUT2D eigenvalue weighted by Gasteiger charge is -2.19. The molecule has 0 spiro atoms. The summed E-state index contributed by atoms with van der Waals surface area (Å²) < 4.78 is 0. The highest BCUT2D eigenvalue weighted by Gasteiger charge is 2.31. The van der Waals surface area contributed by atoms with E-state index in [9.17, 15) is 9.59 Å². The Labute approximate surface area is 125 Å². The van der Waals surface area contributed by atoms with Crippen molar-refractivity contribution in [1.82, 2.24) is 10.6 Å². The van der Waals surface area contributed by atoms with Crippen LogP contribution in [0.25, 0.3) is 0 Å². The van der Waals surface area contributed by atoms with Gasteiger partial charge in [0.25, 0.3) is 0 Å². The summed E-state index contributed by atoms with van der Waals surface area (Å²) in [5.41, 5.74) is 3.27. The molecule has 1 aromatic rings. The third-order valence-electron chi connectivity index (χ3n) is 3.68. The van der Waals surface area contributed by atoms with Crippen molar-refractivity contribution >= 4 is 17.6 Å². The maximum atomic E-state index is 12.1. The minimum absolute atomic E-state index is 0.0492. The van der Waals surface area contributed by atoms with Crippen molar-refractivity contribution < 1.29 is 9.59 Å². The number of nitrogens with one attached hydrogen (secondary N) is 2. The molecule has 0 aromatic heterocycles. The average molecular weight is 289 g/mol. The van der Waals surface area contributed by atoms with Gasteiger partial charge < -0.3 is 15.5 Å². The molecule has 114 valence electrons. The van der Waals surface area contributed by atoms with Crippen LogP contribution >= 0.6 is 0 Å². The van der Waals surface area contributed by atoms with E-state index in [1.54, 1.807) is 4.90 Å².